The number of hydrogen-bond donors (Lipinski definition) is 2. The summed E-state index contributed by atoms with van der Waals surface area (Å²) < 4.78 is 23.5. The number of methoxy groups -OCH3 is 2. The minimum absolute atomic E-state index is 0.0959. The molecular formula is C20H26FN2O3+. The monoisotopic (exact) mass is 361 g/mol. The molecule has 2 aromatic rings. The molecule has 2 aromatic carbocycles. The molecule has 0 bridgehead atoms. The van der Waals surface area contributed by atoms with Crippen LogP contribution in [0.5, 0.6) is 11.5 Å². The van der Waals surface area contributed by atoms with E-state index in [0.717, 1.165) is 23.4 Å². The summed E-state index contributed by atoms with van der Waals surface area (Å²) in [5.41, 5.74) is 1.71. The maximum Gasteiger partial charge on any atom is 0.282 e. The number of anilines is 1. The molecule has 0 fully saturated rings. The van der Waals surface area contributed by atoms with Crippen molar-refractivity contribution in [2.45, 2.75) is 19.4 Å². The number of carbonyl (C=O) groups is 1. The van der Waals surface area contributed by atoms with Gasteiger partial charge in [-0.05, 0) is 48.9 Å². The first kappa shape index (κ1) is 19.7. The molecule has 0 radical (unpaired) electrons. The van der Waals surface area contributed by atoms with E-state index < -0.39 is 0 Å². The van der Waals surface area contributed by atoms with Crippen LogP contribution in [0.4, 0.5) is 10.1 Å². The van der Waals surface area contributed by atoms with E-state index in [2.05, 4.69) is 5.32 Å². The predicted molar refractivity (Wildman–Crippen MR) is 99.5 cm³/mol. The average Bonchev–Trinajstić information content (AvgIpc) is 2.66. The summed E-state index contributed by atoms with van der Waals surface area (Å²) in [5.74, 6) is 0.976. The molecule has 0 spiro atoms. The second-order valence-corrected chi connectivity index (χ2v) is 6.25. The number of nitrogens with one attached hydrogen (secondary N) is 2. The fourth-order valence-corrected chi connectivity index (χ4v) is 2.60. The van der Waals surface area contributed by atoms with E-state index in [-0.39, 0.29) is 17.8 Å². The molecule has 26 heavy (non-hydrogen) atoms. The fourth-order valence-electron chi connectivity index (χ4n) is 2.60. The first-order chi connectivity index (χ1) is 12.4. The lowest BCUT2D eigenvalue weighted by atomic mass is 10.1. The highest BCUT2D eigenvalue weighted by molar-refractivity contribution is 5.93. The Balaban J connectivity index is 1.91. The fraction of sp³-hybridized carbons (Fsp3) is 0.350. The van der Waals surface area contributed by atoms with Gasteiger partial charge in [-0.2, -0.15) is 0 Å². The van der Waals surface area contributed by atoms with Crippen LogP contribution in [0.3, 0.4) is 0 Å². The van der Waals surface area contributed by atoms with Crippen LogP contribution < -0.4 is 19.7 Å². The maximum absolute atomic E-state index is 12.9. The second-order valence-electron chi connectivity index (χ2n) is 6.25. The number of benzene rings is 2. The standard InChI is InChI=1S/C20H25FN2O3/c1-14(20(24)22-17-8-6-16(21)7-9-17)23(2)12-11-15-5-10-18(25-3)19(13-15)26-4/h5-10,13-14H,11-12H2,1-4H3,(H,22,24)/p+1/t14-/m0/s1. The van der Waals surface area contributed by atoms with Crippen molar-refractivity contribution in [3.63, 3.8) is 0 Å². The summed E-state index contributed by atoms with van der Waals surface area (Å²) in [6.07, 6.45) is 0.806. The van der Waals surface area contributed by atoms with Gasteiger partial charge in [0.15, 0.2) is 17.5 Å². The van der Waals surface area contributed by atoms with Crippen LogP contribution in [-0.2, 0) is 11.2 Å². The van der Waals surface area contributed by atoms with Gasteiger partial charge in [-0.1, -0.05) is 6.07 Å². The Morgan fingerprint density at radius 2 is 1.77 bits per heavy atom. The number of hydrogen-bond acceptors (Lipinski definition) is 3. The predicted octanol–water partition coefficient (Wildman–Crippen LogP) is 1.93. The molecule has 0 aliphatic heterocycles. The van der Waals surface area contributed by atoms with Gasteiger partial charge < -0.3 is 19.7 Å². The molecule has 0 aliphatic rings. The zero-order chi connectivity index (χ0) is 19.1. The highest BCUT2D eigenvalue weighted by atomic mass is 19.1. The molecule has 0 saturated heterocycles. The molecule has 0 heterocycles. The van der Waals surface area contributed by atoms with Crippen LogP contribution in [0.15, 0.2) is 42.5 Å². The lowest BCUT2D eigenvalue weighted by Crippen LogP contribution is -3.14. The summed E-state index contributed by atoms with van der Waals surface area (Å²) in [5, 5.41) is 2.82. The van der Waals surface area contributed by atoms with E-state index in [4.69, 9.17) is 9.47 Å². The van der Waals surface area contributed by atoms with E-state index in [0.29, 0.717) is 17.2 Å². The summed E-state index contributed by atoms with van der Waals surface area (Å²) in [6.45, 7) is 2.66. The van der Waals surface area contributed by atoms with Gasteiger partial charge in [-0.25, -0.2) is 4.39 Å². The Labute approximate surface area is 153 Å². The van der Waals surface area contributed by atoms with Crippen molar-refractivity contribution < 1.29 is 23.6 Å². The normalized spacial score (nSPS) is 13.0. The highest BCUT2D eigenvalue weighted by Crippen LogP contribution is 2.27. The van der Waals surface area contributed by atoms with Crippen molar-refractivity contribution >= 4 is 11.6 Å². The Morgan fingerprint density at radius 1 is 1.12 bits per heavy atom. The van der Waals surface area contributed by atoms with Gasteiger partial charge in [0.05, 0.1) is 27.8 Å². The van der Waals surface area contributed by atoms with Gasteiger partial charge in [0.25, 0.3) is 5.91 Å². The van der Waals surface area contributed by atoms with Gasteiger partial charge in [0, 0.05) is 12.1 Å². The second kappa shape index (κ2) is 9.20. The largest absolute Gasteiger partial charge is 0.493 e. The van der Waals surface area contributed by atoms with Crippen molar-refractivity contribution in [3.05, 3.63) is 53.8 Å². The lowest BCUT2D eigenvalue weighted by Gasteiger charge is -2.21. The van der Waals surface area contributed by atoms with Crippen LogP contribution in [-0.4, -0.2) is 39.8 Å². The third kappa shape index (κ3) is 5.20. The molecule has 6 heteroatoms. The minimum atomic E-state index is -0.325. The molecule has 2 N–H and O–H groups in total. The number of ether oxygens (including phenoxy) is 2. The average molecular weight is 361 g/mol. The Kier molecular flexibility index (Phi) is 6.97. The Hall–Kier alpha value is -2.60. The number of likely N-dealkylation sites (N-methyl/N-ethyl adjacent to an activating group) is 1. The zero-order valence-corrected chi connectivity index (χ0v) is 15.6. The maximum atomic E-state index is 12.9. The van der Waals surface area contributed by atoms with Crippen molar-refractivity contribution in [2.24, 2.45) is 0 Å². The highest BCUT2D eigenvalue weighted by Gasteiger charge is 2.21. The third-order valence-corrected chi connectivity index (χ3v) is 4.50. The number of carbonyl (C=O) groups excluding carboxylic acids is 1. The van der Waals surface area contributed by atoms with E-state index >= 15 is 0 Å². The quantitative estimate of drug-likeness (QED) is 0.755. The van der Waals surface area contributed by atoms with Crippen LogP contribution in [0, 0.1) is 5.82 Å². The molecule has 0 aliphatic carbocycles. The van der Waals surface area contributed by atoms with Gasteiger partial charge in [-0.15, -0.1) is 0 Å². The third-order valence-electron chi connectivity index (χ3n) is 4.50. The number of amides is 1. The molecule has 2 rings (SSSR count). The first-order valence-electron chi connectivity index (χ1n) is 8.54. The van der Waals surface area contributed by atoms with E-state index in [1.807, 2.05) is 32.2 Å². The van der Waals surface area contributed by atoms with E-state index in [1.54, 1.807) is 26.4 Å². The van der Waals surface area contributed by atoms with Gasteiger partial charge in [-0.3, -0.25) is 4.79 Å². The molecule has 5 nitrogen and oxygen atoms in total. The summed E-state index contributed by atoms with van der Waals surface area (Å²) in [6, 6.07) is 11.4. The van der Waals surface area contributed by atoms with Crippen LogP contribution in [0.2, 0.25) is 0 Å². The SMILES string of the molecule is COc1ccc(CC[NH+](C)[C@@H](C)C(=O)Nc2ccc(F)cc2)cc1OC. The summed E-state index contributed by atoms with van der Waals surface area (Å²) in [4.78, 5) is 13.5. The van der Waals surface area contributed by atoms with Crippen LogP contribution >= 0.6 is 0 Å². The molecule has 1 amide bonds. The minimum Gasteiger partial charge on any atom is -0.493 e. The molecule has 1 unspecified atom stereocenters. The number of quaternary nitrogens is 1. The molecular weight excluding hydrogens is 335 g/mol. The molecule has 2 atom stereocenters. The first-order valence-corrected chi connectivity index (χ1v) is 8.54. The Morgan fingerprint density at radius 3 is 2.38 bits per heavy atom. The van der Waals surface area contributed by atoms with Crippen molar-refractivity contribution in [1.29, 1.82) is 0 Å². The van der Waals surface area contributed by atoms with Crippen LogP contribution in [0.1, 0.15) is 12.5 Å². The van der Waals surface area contributed by atoms with Gasteiger partial charge in [0.1, 0.15) is 5.82 Å². The number of rotatable bonds is 8. The Bertz CT molecular complexity index is 734. The molecule has 140 valence electrons. The zero-order valence-electron chi connectivity index (χ0n) is 15.6. The van der Waals surface area contributed by atoms with Gasteiger partial charge >= 0.3 is 0 Å². The summed E-state index contributed by atoms with van der Waals surface area (Å²) in [7, 11) is 5.20. The lowest BCUT2D eigenvalue weighted by molar-refractivity contribution is -0.893. The van der Waals surface area contributed by atoms with Crippen molar-refractivity contribution in [1.82, 2.24) is 0 Å². The molecule has 0 aromatic heterocycles. The van der Waals surface area contributed by atoms with E-state index in [1.165, 1.54) is 12.1 Å². The van der Waals surface area contributed by atoms with Crippen molar-refractivity contribution in [3.8, 4) is 11.5 Å². The van der Waals surface area contributed by atoms with Crippen molar-refractivity contribution in [2.75, 3.05) is 33.1 Å². The van der Waals surface area contributed by atoms with Crippen LogP contribution in [0.25, 0.3) is 0 Å². The topological polar surface area (TPSA) is 52.0 Å². The molecule has 0 saturated carbocycles. The van der Waals surface area contributed by atoms with Gasteiger partial charge in [0.2, 0.25) is 0 Å². The smallest absolute Gasteiger partial charge is 0.282 e. The summed E-state index contributed by atoms with van der Waals surface area (Å²) >= 11 is 0. The van der Waals surface area contributed by atoms with E-state index in [9.17, 15) is 9.18 Å². The number of halogens is 1.